The zero-order valence-electron chi connectivity index (χ0n) is 13.3. The fourth-order valence-corrected chi connectivity index (χ4v) is 2.64. The highest BCUT2D eigenvalue weighted by Crippen LogP contribution is 2.17. The molecule has 1 amide bonds. The number of hydrogen-bond acceptors (Lipinski definition) is 4. The van der Waals surface area contributed by atoms with Crippen LogP contribution in [0.2, 0.25) is 0 Å². The molecule has 2 heterocycles. The van der Waals surface area contributed by atoms with E-state index in [-0.39, 0.29) is 11.8 Å². The molecule has 0 radical (unpaired) electrons. The minimum Gasteiger partial charge on any atom is -0.378 e. The number of carbonyl (C=O) groups excluding carboxylic acids is 1. The van der Waals surface area contributed by atoms with Crippen molar-refractivity contribution in [1.82, 2.24) is 15.3 Å². The number of nitrogens with one attached hydrogen (secondary N) is 2. The molecule has 2 N–H and O–H groups in total. The number of benzene rings is 1. The van der Waals surface area contributed by atoms with E-state index in [0.29, 0.717) is 12.1 Å². The minimum atomic E-state index is -0.0584. The number of carbonyl (C=O) groups is 1. The highest BCUT2D eigenvalue weighted by Gasteiger charge is 2.13. The van der Waals surface area contributed by atoms with Gasteiger partial charge >= 0.3 is 0 Å². The van der Waals surface area contributed by atoms with Gasteiger partial charge in [0, 0.05) is 49.2 Å². The van der Waals surface area contributed by atoms with Crippen molar-refractivity contribution in [2.45, 2.75) is 12.8 Å². The molecule has 23 heavy (non-hydrogen) atoms. The fraction of sp³-hybridized carbons (Fsp3) is 0.412. The molecular formula is C17H22N4O2. The number of ether oxygens (including phenoxy) is 1. The third kappa shape index (κ3) is 3.90. The smallest absolute Gasteiger partial charge is 0.251 e. The summed E-state index contributed by atoms with van der Waals surface area (Å²) >= 11 is 0. The summed E-state index contributed by atoms with van der Waals surface area (Å²) in [5.74, 6) is 0.978. The largest absolute Gasteiger partial charge is 0.378 e. The Hall–Kier alpha value is -2.34. The molecular weight excluding hydrogens is 292 g/mol. The van der Waals surface area contributed by atoms with E-state index in [0.717, 1.165) is 37.8 Å². The van der Waals surface area contributed by atoms with Gasteiger partial charge in [-0.25, -0.2) is 4.98 Å². The Morgan fingerprint density at radius 2 is 2.09 bits per heavy atom. The minimum absolute atomic E-state index is 0.0584. The molecule has 1 aliphatic heterocycles. The number of aromatic nitrogens is 2. The molecule has 1 fully saturated rings. The van der Waals surface area contributed by atoms with Crippen LogP contribution < -0.4 is 10.2 Å². The average Bonchev–Trinajstić information content (AvgIpc) is 3.15. The Morgan fingerprint density at radius 1 is 1.35 bits per heavy atom. The van der Waals surface area contributed by atoms with Gasteiger partial charge in [0.05, 0.1) is 13.2 Å². The predicted molar refractivity (Wildman–Crippen MR) is 88.8 cm³/mol. The van der Waals surface area contributed by atoms with E-state index in [9.17, 15) is 4.79 Å². The Morgan fingerprint density at radius 3 is 2.74 bits per heavy atom. The first-order valence-electron chi connectivity index (χ1n) is 7.94. The lowest BCUT2D eigenvalue weighted by molar-refractivity contribution is 0.0951. The molecule has 6 nitrogen and oxygen atoms in total. The van der Waals surface area contributed by atoms with Crippen LogP contribution in [0.15, 0.2) is 36.7 Å². The molecule has 3 rings (SSSR count). The summed E-state index contributed by atoms with van der Waals surface area (Å²) in [7, 11) is 0. The van der Waals surface area contributed by atoms with Crippen molar-refractivity contribution < 1.29 is 9.53 Å². The molecule has 1 saturated heterocycles. The highest BCUT2D eigenvalue weighted by molar-refractivity contribution is 5.94. The second-order valence-electron chi connectivity index (χ2n) is 5.73. The average molecular weight is 314 g/mol. The van der Waals surface area contributed by atoms with Gasteiger partial charge in [0.1, 0.15) is 5.82 Å². The molecule has 122 valence electrons. The SMILES string of the molecule is CC(CNC(=O)c1ccc(N2CCOCC2)cc1)c1ncc[nH]1. The van der Waals surface area contributed by atoms with Crippen molar-refractivity contribution >= 4 is 11.6 Å². The van der Waals surface area contributed by atoms with Crippen molar-refractivity contribution in [1.29, 1.82) is 0 Å². The van der Waals surface area contributed by atoms with Crippen molar-refractivity contribution in [2.24, 2.45) is 0 Å². The second kappa shape index (κ2) is 7.28. The second-order valence-corrected chi connectivity index (χ2v) is 5.73. The summed E-state index contributed by atoms with van der Waals surface area (Å²) in [5, 5.41) is 2.95. The molecule has 0 saturated carbocycles. The fourth-order valence-electron chi connectivity index (χ4n) is 2.64. The van der Waals surface area contributed by atoms with Crippen LogP contribution in [-0.2, 0) is 4.74 Å². The number of imidazole rings is 1. The predicted octanol–water partition coefficient (Wildman–Crippen LogP) is 1.78. The molecule has 0 spiro atoms. The van der Waals surface area contributed by atoms with Gasteiger partial charge in [-0.05, 0) is 24.3 Å². The quantitative estimate of drug-likeness (QED) is 0.882. The number of amides is 1. The normalized spacial score (nSPS) is 16.1. The molecule has 1 aromatic carbocycles. The standard InChI is InChI=1S/C17H22N4O2/c1-13(16-18-6-7-19-16)12-20-17(22)14-2-4-15(5-3-14)21-8-10-23-11-9-21/h2-7,13H,8-12H2,1H3,(H,18,19)(H,20,22). The van der Waals surface area contributed by atoms with Gasteiger partial charge in [0.15, 0.2) is 0 Å². The van der Waals surface area contributed by atoms with Gasteiger partial charge in [-0.15, -0.1) is 0 Å². The van der Waals surface area contributed by atoms with E-state index >= 15 is 0 Å². The summed E-state index contributed by atoms with van der Waals surface area (Å²) in [6, 6.07) is 7.74. The lowest BCUT2D eigenvalue weighted by Crippen LogP contribution is -2.36. The number of anilines is 1. The Balaban J connectivity index is 1.55. The summed E-state index contributed by atoms with van der Waals surface area (Å²) in [6.45, 7) is 5.89. The van der Waals surface area contributed by atoms with Crippen LogP contribution in [-0.4, -0.2) is 48.7 Å². The molecule has 1 unspecified atom stereocenters. The van der Waals surface area contributed by atoms with Gasteiger partial charge < -0.3 is 19.9 Å². The van der Waals surface area contributed by atoms with Crippen molar-refractivity contribution in [3.05, 3.63) is 48.0 Å². The maximum Gasteiger partial charge on any atom is 0.251 e. The van der Waals surface area contributed by atoms with Crippen LogP contribution in [0, 0.1) is 0 Å². The van der Waals surface area contributed by atoms with Crippen LogP contribution in [0.4, 0.5) is 5.69 Å². The van der Waals surface area contributed by atoms with E-state index in [1.165, 1.54) is 0 Å². The van der Waals surface area contributed by atoms with E-state index in [1.807, 2.05) is 31.2 Å². The van der Waals surface area contributed by atoms with Gasteiger partial charge in [0.25, 0.3) is 5.91 Å². The monoisotopic (exact) mass is 314 g/mol. The molecule has 6 heteroatoms. The summed E-state index contributed by atoms with van der Waals surface area (Å²) in [4.78, 5) is 21.8. The van der Waals surface area contributed by atoms with Gasteiger partial charge in [-0.1, -0.05) is 6.92 Å². The van der Waals surface area contributed by atoms with Crippen LogP contribution in [0.5, 0.6) is 0 Å². The molecule has 1 atom stereocenters. The van der Waals surface area contributed by atoms with E-state index in [1.54, 1.807) is 12.4 Å². The van der Waals surface area contributed by atoms with Crippen LogP contribution in [0.1, 0.15) is 29.0 Å². The van der Waals surface area contributed by atoms with E-state index in [2.05, 4.69) is 20.2 Å². The van der Waals surface area contributed by atoms with Gasteiger partial charge in [-0.2, -0.15) is 0 Å². The maximum atomic E-state index is 12.2. The summed E-state index contributed by atoms with van der Waals surface area (Å²) < 4.78 is 5.35. The van der Waals surface area contributed by atoms with Crippen LogP contribution in [0.25, 0.3) is 0 Å². The number of hydrogen-bond donors (Lipinski definition) is 2. The van der Waals surface area contributed by atoms with Crippen molar-refractivity contribution in [3.8, 4) is 0 Å². The number of aromatic amines is 1. The number of H-pyrrole nitrogens is 1. The van der Waals surface area contributed by atoms with Gasteiger partial charge in [-0.3, -0.25) is 4.79 Å². The van der Waals surface area contributed by atoms with Gasteiger partial charge in [0.2, 0.25) is 0 Å². The zero-order valence-corrected chi connectivity index (χ0v) is 13.3. The molecule has 2 aromatic rings. The first kappa shape index (κ1) is 15.6. The molecule has 0 aliphatic carbocycles. The molecule has 1 aromatic heterocycles. The molecule has 0 bridgehead atoms. The number of nitrogens with zero attached hydrogens (tertiary/aromatic N) is 2. The summed E-state index contributed by atoms with van der Waals surface area (Å²) in [5.41, 5.74) is 1.81. The van der Waals surface area contributed by atoms with Crippen LogP contribution >= 0.6 is 0 Å². The van der Waals surface area contributed by atoms with E-state index < -0.39 is 0 Å². The first-order chi connectivity index (χ1) is 11.2. The first-order valence-corrected chi connectivity index (χ1v) is 7.94. The lowest BCUT2D eigenvalue weighted by atomic mass is 10.1. The number of morpholine rings is 1. The summed E-state index contributed by atoms with van der Waals surface area (Å²) in [6.07, 6.45) is 3.51. The van der Waals surface area contributed by atoms with E-state index in [4.69, 9.17) is 4.74 Å². The Labute approximate surface area is 135 Å². The van der Waals surface area contributed by atoms with Crippen molar-refractivity contribution in [3.63, 3.8) is 0 Å². The number of rotatable bonds is 5. The zero-order chi connectivity index (χ0) is 16.1. The lowest BCUT2D eigenvalue weighted by Gasteiger charge is -2.28. The molecule has 1 aliphatic rings. The third-order valence-corrected chi connectivity index (χ3v) is 4.06. The highest BCUT2D eigenvalue weighted by atomic mass is 16.5. The van der Waals surface area contributed by atoms with Crippen LogP contribution in [0.3, 0.4) is 0 Å². The van der Waals surface area contributed by atoms with Crippen molar-refractivity contribution in [2.75, 3.05) is 37.7 Å². The third-order valence-electron chi connectivity index (χ3n) is 4.06. The Kier molecular flexibility index (Phi) is 4.92. The Bertz CT molecular complexity index is 619. The maximum absolute atomic E-state index is 12.2. The topological polar surface area (TPSA) is 70.2 Å².